The molecule has 2 aromatic rings. The lowest BCUT2D eigenvalue weighted by atomic mass is 10.2. The zero-order valence-electron chi connectivity index (χ0n) is 8.45. The monoisotopic (exact) mass is 315 g/mol. The van der Waals surface area contributed by atoms with E-state index in [1.54, 1.807) is 29.7 Å². The highest BCUT2D eigenvalue weighted by Gasteiger charge is 2.13. The van der Waals surface area contributed by atoms with Gasteiger partial charge in [0.2, 0.25) is 3.79 Å². The first-order valence-electron chi connectivity index (χ1n) is 4.47. The summed E-state index contributed by atoms with van der Waals surface area (Å²) in [6.07, 6.45) is 1.84. The van der Waals surface area contributed by atoms with E-state index in [9.17, 15) is 4.79 Å². The topological polar surface area (TPSA) is 31.2 Å². The Morgan fingerprint density at radius 3 is 2.80 bits per heavy atom. The van der Waals surface area contributed by atoms with Gasteiger partial charge >= 0.3 is 0 Å². The summed E-state index contributed by atoms with van der Waals surface area (Å²) in [5, 5.41) is 0.941. The number of aromatic nitrogens is 1. The fourth-order valence-electron chi connectivity index (χ4n) is 1.75. The van der Waals surface area contributed by atoms with Crippen LogP contribution in [0.25, 0.3) is 10.9 Å². The lowest BCUT2D eigenvalue weighted by Gasteiger charge is -2.03. The first-order chi connectivity index (χ1) is 7.15. The van der Waals surface area contributed by atoms with Gasteiger partial charge in [-0.3, -0.25) is 4.79 Å². The molecular formula is C11H10INO2. The van der Waals surface area contributed by atoms with Gasteiger partial charge in [-0.2, -0.15) is 0 Å². The van der Waals surface area contributed by atoms with E-state index in [1.807, 2.05) is 36.0 Å². The summed E-state index contributed by atoms with van der Waals surface area (Å²) in [5.74, 6) is 0.791. The van der Waals surface area contributed by atoms with E-state index in [0.717, 1.165) is 22.2 Å². The number of para-hydroxylation sites is 1. The van der Waals surface area contributed by atoms with Gasteiger partial charge in [0.1, 0.15) is 5.75 Å². The predicted molar refractivity (Wildman–Crippen MR) is 67.8 cm³/mol. The number of carbonyl (C=O) groups excluding carboxylic acids is 1. The predicted octanol–water partition coefficient (Wildman–Crippen LogP) is 2.76. The van der Waals surface area contributed by atoms with Crippen molar-refractivity contribution in [2.45, 2.75) is 0 Å². The molecular weight excluding hydrogens is 305 g/mol. The second-order valence-corrected chi connectivity index (χ2v) is 4.26. The molecule has 0 bridgehead atoms. The largest absolute Gasteiger partial charge is 0.495 e. The van der Waals surface area contributed by atoms with Gasteiger partial charge in [-0.15, -0.1) is 0 Å². The lowest BCUT2D eigenvalue weighted by Crippen LogP contribution is -1.89. The average molecular weight is 315 g/mol. The maximum atomic E-state index is 11.4. The molecule has 0 saturated heterocycles. The molecule has 1 heterocycles. The number of nitrogens with zero attached hydrogens (tertiary/aromatic N) is 1. The Hall–Kier alpha value is -1.04. The third-order valence-corrected chi connectivity index (χ3v) is 2.98. The minimum atomic E-state index is 0.0476. The molecule has 0 spiro atoms. The Labute approximate surface area is 101 Å². The van der Waals surface area contributed by atoms with E-state index >= 15 is 0 Å². The van der Waals surface area contributed by atoms with Gasteiger partial charge in [-0.05, 0) is 6.07 Å². The molecule has 0 unspecified atom stereocenters. The van der Waals surface area contributed by atoms with E-state index in [4.69, 9.17) is 4.74 Å². The van der Waals surface area contributed by atoms with Crippen LogP contribution >= 0.6 is 22.6 Å². The molecule has 0 amide bonds. The highest BCUT2D eigenvalue weighted by Crippen LogP contribution is 2.29. The molecule has 0 radical (unpaired) electrons. The molecule has 0 N–H and O–H groups in total. The summed E-state index contributed by atoms with van der Waals surface area (Å²) in [7, 11) is 3.54. The van der Waals surface area contributed by atoms with Gasteiger partial charge in [0.05, 0.1) is 18.2 Å². The number of fused-ring (bicyclic) bond motifs is 1. The molecule has 4 heteroatoms. The van der Waals surface area contributed by atoms with Crippen molar-refractivity contribution < 1.29 is 9.53 Å². The first kappa shape index (κ1) is 10.5. The minimum Gasteiger partial charge on any atom is -0.495 e. The van der Waals surface area contributed by atoms with Crippen LogP contribution in [0.2, 0.25) is 0 Å². The van der Waals surface area contributed by atoms with Crippen LogP contribution in [0.1, 0.15) is 10.4 Å². The maximum absolute atomic E-state index is 11.4. The number of halogens is 1. The van der Waals surface area contributed by atoms with Crippen LogP contribution in [-0.4, -0.2) is 15.5 Å². The number of hydrogen-bond donors (Lipinski definition) is 0. The molecule has 0 fully saturated rings. The van der Waals surface area contributed by atoms with Crippen molar-refractivity contribution >= 4 is 37.3 Å². The summed E-state index contributed by atoms with van der Waals surface area (Å²) in [5.41, 5.74) is 1.69. The van der Waals surface area contributed by atoms with E-state index in [-0.39, 0.29) is 3.79 Å². The van der Waals surface area contributed by atoms with Gasteiger partial charge in [-0.25, -0.2) is 0 Å². The van der Waals surface area contributed by atoms with Crippen LogP contribution in [0.5, 0.6) is 5.75 Å². The molecule has 0 aliphatic carbocycles. The minimum absolute atomic E-state index is 0.0476. The van der Waals surface area contributed by atoms with E-state index in [2.05, 4.69) is 0 Å². The van der Waals surface area contributed by atoms with Crippen LogP contribution in [0.15, 0.2) is 24.4 Å². The highest BCUT2D eigenvalue weighted by molar-refractivity contribution is 14.1. The van der Waals surface area contributed by atoms with Crippen molar-refractivity contribution in [1.82, 2.24) is 4.57 Å². The van der Waals surface area contributed by atoms with Gasteiger partial charge in [0, 0.05) is 41.2 Å². The second-order valence-electron chi connectivity index (χ2n) is 3.28. The van der Waals surface area contributed by atoms with Crippen molar-refractivity contribution in [3.63, 3.8) is 0 Å². The third-order valence-electron chi connectivity index (χ3n) is 2.40. The Bertz CT molecular complexity index is 531. The van der Waals surface area contributed by atoms with E-state index < -0.39 is 0 Å². The van der Waals surface area contributed by atoms with Crippen molar-refractivity contribution in [2.24, 2.45) is 7.05 Å². The van der Waals surface area contributed by atoms with Crippen LogP contribution in [0, 0.1) is 0 Å². The number of carbonyl (C=O) groups is 1. The van der Waals surface area contributed by atoms with Crippen LogP contribution in [0.4, 0.5) is 0 Å². The van der Waals surface area contributed by atoms with Gasteiger partial charge in [0.25, 0.3) is 0 Å². The van der Waals surface area contributed by atoms with Crippen molar-refractivity contribution in [3.8, 4) is 5.75 Å². The Morgan fingerprint density at radius 1 is 1.47 bits per heavy atom. The zero-order valence-corrected chi connectivity index (χ0v) is 10.6. The van der Waals surface area contributed by atoms with E-state index in [0.29, 0.717) is 0 Å². The fraction of sp³-hybridized carbons (Fsp3) is 0.182. The average Bonchev–Trinajstić information content (AvgIpc) is 2.56. The maximum Gasteiger partial charge on any atom is 0.224 e. The molecule has 0 aliphatic heterocycles. The standard InChI is InChI=1S/C11H10INO2/c1-13-6-8(11(12)14)7-4-3-5-9(15-2)10(7)13/h3-6H,1-2H3. The number of ether oxygens (including phenoxy) is 1. The summed E-state index contributed by atoms with van der Waals surface area (Å²) < 4.78 is 7.23. The lowest BCUT2D eigenvalue weighted by molar-refractivity contribution is 0.110. The SMILES string of the molecule is COc1cccc2c(C(=O)I)cn(C)c12. The molecule has 1 aromatic heterocycles. The van der Waals surface area contributed by atoms with Crippen molar-refractivity contribution in [3.05, 3.63) is 30.0 Å². The molecule has 0 atom stereocenters. The number of rotatable bonds is 2. The van der Waals surface area contributed by atoms with Crippen molar-refractivity contribution in [2.75, 3.05) is 7.11 Å². The summed E-state index contributed by atoms with van der Waals surface area (Å²) in [6, 6.07) is 5.72. The molecule has 3 nitrogen and oxygen atoms in total. The molecule has 2 rings (SSSR count). The summed E-state index contributed by atoms with van der Waals surface area (Å²) in [6.45, 7) is 0. The normalized spacial score (nSPS) is 10.6. The molecule has 15 heavy (non-hydrogen) atoms. The summed E-state index contributed by atoms with van der Waals surface area (Å²) in [4.78, 5) is 11.4. The van der Waals surface area contributed by atoms with Gasteiger partial charge in [0.15, 0.2) is 0 Å². The Balaban J connectivity index is 2.85. The number of methoxy groups -OCH3 is 1. The summed E-state index contributed by atoms with van der Waals surface area (Å²) >= 11 is 1.80. The zero-order chi connectivity index (χ0) is 11.0. The molecule has 1 aromatic carbocycles. The van der Waals surface area contributed by atoms with Crippen LogP contribution in [-0.2, 0) is 7.05 Å². The first-order valence-corrected chi connectivity index (χ1v) is 5.55. The van der Waals surface area contributed by atoms with Gasteiger partial charge in [-0.1, -0.05) is 12.1 Å². The number of hydrogen-bond acceptors (Lipinski definition) is 2. The third kappa shape index (κ3) is 1.62. The van der Waals surface area contributed by atoms with E-state index in [1.165, 1.54) is 0 Å². The molecule has 0 saturated carbocycles. The smallest absolute Gasteiger partial charge is 0.224 e. The fourth-order valence-corrected chi connectivity index (χ4v) is 2.18. The highest BCUT2D eigenvalue weighted by atomic mass is 127. The van der Waals surface area contributed by atoms with Crippen molar-refractivity contribution in [1.29, 1.82) is 0 Å². The van der Waals surface area contributed by atoms with Crippen LogP contribution in [0.3, 0.4) is 0 Å². The number of benzene rings is 1. The quantitative estimate of drug-likeness (QED) is 0.630. The van der Waals surface area contributed by atoms with Gasteiger partial charge < -0.3 is 9.30 Å². The molecule has 78 valence electrons. The Kier molecular flexibility index (Phi) is 2.68. The van der Waals surface area contributed by atoms with Crippen LogP contribution < -0.4 is 4.74 Å². The number of aryl methyl sites for hydroxylation is 1. The molecule has 0 aliphatic rings. The second kappa shape index (κ2) is 3.84. The Morgan fingerprint density at radius 2 is 2.20 bits per heavy atom.